The van der Waals surface area contributed by atoms with Gasteiger partial charge in [-0.1, -0.05) is 27.2 Å². The zero-order chi connectivity index (χ0) is 13.3. The first-order chi connectivity index (χ1) is 8.01. The summed E-state index contributed by atoms with van der Waals surface area (Å²) in [4.78, 5) is 11.6. The smallest absolute Gasteiger partial charge is 0.236 e. The van der Waals surface area contributed by atoms with Crippen molar-refractivity contribution in [3.63, 3.8) is 0 Å². The number of aliphatic hydroxyl groups is 1. The van der Waals surface area contributed by atoms with E-state index in [1.165, 1.54) is 0 Å². The third-order valence-electron chi connectivity index (χ3n) is 2.84. The van der Waals surface area contributed by atoms with E-state index >= 15 is 0 Å². The van der Waals surface area contributed by atoms with E-state index in [0.29, 0.717) is 18.4 Å². The molecular formula is C13H28N2O2. The second kappa shape index (κ2) is 9.42. The highest BCUT2D eigenvalue weighted by Crippen LogP contribution is 2.14. The van der Waals surface area contributed by atoms with Crippen LogP contribution < -0.4 is 11.1 Å². The van der Waals surface area contributed by atoms with Gasteiger partial charge < -0.3 is 16.2 Å². The first kappa shape index (κ1) is 16.4. The highest BCUT2D eigenvalue weighted by Gasteiger charge is 2.15. The minimum Gasteiger partial charge on any atom is -0.396 e. The molecule has 0 heterocycles. The normalized spacial score (nSPS) is 14.7. The van der Waals surface area contributed by atoms with Gasteiger partial charge in [-0.05, 0) is 31.1 Å². The van der Waals surface area contributed by atoms with Crippen LogP contribution in [-0.4, -0.2) is 30.2 Å². The van der Waals surface area contributed by atoms with Gasteiger partial charge in [0, 0.05) is 13.2 Å². The molecule has 0 aromatic carbocycles. The fraction of sp³-hybridized carbons (Fsp3) is 0.923. The number of nitrogens with one attached hydrogen (secondary N) is 1. The number of carbonyl (C=O) groups is 1. The molecule has 0 rings (SSSR count). The van der Waals surface area contributed by atoms with Crippen LogP contribution in [0.3, 0.4) is 0 Å². The van der Waals surface area contributed by atoms with E-state index in [9.17, 15) is 4.79 Å². The van der Waals surface area contributed by atoms with Gasteiger partial charge in [0.25, 0.3) is 0 Å². The molecule has 0 aromatic heterocycles. The molecule has 4 N–H and O–H groups in total. The summed E-state index contributed by atoms with van der Waals surface area (Å²) >= 11 is 0. The van der Waals surface area contributed by atoms with Gasteiger partial charge in [0.15, 0.2) is 0 Å². The molecule has 2 unspecified atom stereocenters. The largest absolute Gasteiger partial charge is 0.396 e. The van der Waals surface area contributed by atoms with Crippen molar-refractivity contribution in [2.75, 3.05) is 13.2 Å². The van der Waals surface area contributed by atoms with Crippen molar-refractivity contribution in [3.05, 3.63) is 0 Å². The van der Waals surface area contributed by atoms with E-state index in [0.717, 1.165) is 25.7 Å². The standard InChI is InChI=1S/C13H28N2O2/c1-4-5-12(14)13(17)15-9-11(6-7-16)8-10(2)3/h10-12,16H,4-9,14H2,1-3H3,(H,15,17). The Hall–Kier alpha value is -0.610. The van der Waals surface area contributed by atoms with Gasteiger partial charge in [-0.25, -0.2) is 0 Å². The molecule has 102 valence electrons. The number of rotatable bonds is 9. The van der Waals surface area contributed by atoms with Crippen molar-refractivity contribution in [2.24, 2.45) is 17.6 Å². The van der Waals surface area contributed by atoms with Crippen molar-refractivity contribution >= 4 is 5.91 Å². The van der Waals surface area contributed by atoms with Crippen LogP contribution in [0.15, 0.2) is 0 Å². The van der Waals surface area contributed by atoms with E-state index < -0.39 is 6.04 Å². The minimum absolute atomic E-state index is 0.0708. The van der Waals surface area contributed by atoms with Crippen molar-refractivity contribution < 1.29 is 9.90 Å². The van der Waals surface area contributed by atoms with Crippen molar-refractivity contribution in [2.45, 2.75) is 52.5 Å². The number of hydrogen-bond acceptors (Lipinski definition) is 3. The van der Waals surface area contributed by atoms with Crippen LogP contribution in [0.4, 0.5) is 0 Å². The predicted molar refractivity (Wildman–Crippen MR) is 70.5 cm³/mol. The maximum atomic E-state index is 11.6. The Bertz CT molecular complexity index is 208. The van der Waals surface area contributed by atoms with E-state index in [1.54, 1.807) is 0 Å². The Morgan fingerprint density at radius 2 is 2.00 bits per heavy atom. The second-order valence-electron chi connectivity index (χ2n) is 5.15. The highest BCUT2D eigenvalue weighted by molar-refractivity contribution is 5.81. The van der Waals surface area contributed by atoms with Crippen LogP contribution >= 0.6 is 0 Å². The zero-order valence-corrected chi connectivity index (χ0v) is 11.4. The summed E-state index contributed by atoms with van der Waals surface area (Å²) < 4.78 is 0. The molecule has 0 fully saturated rings. The first-order valence-corrected chi connectivity index (χ1v) is 6.65. The van der Waals surface area contributed by atoms with E-state index in [2.05, 4.69) is 19.2 Å². The van der Waals surface area contributed by atoms with Gasteiger partial charge in [0.1, 0.15) is 0 Å². The molecule has 2 atom stereocenters. The molecule has 0 bridgehead atoms. The summed E-state index contributed by atoms with van der Waals surface area (Å²) in [6, 6.07) is -0.395. The molecule has 0 aliphatic heterocycles. The van der Waals surface area contributed by atoms with Gasteiger partial charge in [0.2, 0.25) is 5.91 Å². The lowest BCUT2D eigenvalue weighted by molar-refractivity contribution is -0.122. The molecule has 0 aliphatic carbocycles. The van der Waals surface area contributed by atoms with Gasteiger partial charge in [0.05, 0.1) is 6.04 Å². The second-order valence-corrected chi connectivity index (χ2v) is 5.15. The Balaban J connectivity index is 3.98. The molecule has 0 saturated carbocycles. The van der Waals surface area contributed by atoms with Gasteiger partial charge >= 0.3 is 0 Å². The van der Waals surface area contributed by atoms with Crippen LogP contribution in [0.1, 0.15) is 46.5 Å². The van der Waals surface area contributed by atoms with Crippen LogP contribution in [0.2, 0.25) is 0 Å². The molecular weight excluding hydrogens is 216 g/mol. The third kappa shape index (κ3) is 8.16. The Morgan fingerprint density at radius 3 is 2.47 bits per heavy atom. The van der Waals surface area contributed by atoms with Crippen LogP contribution in [0, 0.1) is 11.8 Å². The monoisotopic (exact) mass is 244 g/mol. The Labute approximate surface area is 105 Å². The topological polar surface area (TPSA) is 75.4 Å². The van der Waals surface area contributed by atoms with Gasteiger partial charge in [-0.3, -0.25) is 4.79 Å². The zero-order valence-electron chi connectivity index (χ0n) is 11.4. The summed E-state index contributed by atoms with van der Waals surface area (Å²) in [5, 5.41) is 11.9. The summed E-state index contributed by atoms with van der Waals surface area (Å²) in [6.45, 7) is 7.10. The summed E-state index contributed by atoms with van der Waals surface area (Å²) in [5.74, 6) is 0.851. The summed E-state index contributed by atoms with van der Waals surface area (Å²) in [5.41, 5.74) is 5.73. The molecule has 0 aliphatic rings. The van der Waals surface area contributed by atoms with Crippen molar-refractivity contribution in [1.29, 1.82) is 0 Å². The number of aliphatic hydroxyl groups excluding tert-OH is 1. The number of nitrogens with two attached hydrogens (primary N) is 1. The highest BCUT2D eigenvalue weighted by atomic mass is 16.3. The molecule has 0 spiro atoms. The minimum atomic E-state index is -0.395. The molecule has 4 heteroatoms. The van der Waals surface area contributed by atoms with Crippen LogP contribution in [-0.2, 0) is 4.79 Å². The fourth-order valence-corrected chi connectivity index (χ4v) is 1.97. The molecule has 0 radical (unpaired) electrons. The number of amides is 1. The molecule has 0 saturated heterocycles. The van der Waals surface area contributed by atoms with Crippen LogP contribution in [0.25, 0.3) is 0 Å². The average Bonchev–Trinajstić information content (AvgIpc) is 2.25. The lowest BCUT2D eigenvalue weighted by Gasteiger charge is -2.20. The lowest BCUT2D eigenvalue weighted by atomic mass is 9.94. The number of hydrogen-bond donors (Lipinski definition) is 3. The van der Waals surface area contributed by atoms with E-state index in [1.807, 2.05) is 6.92 Å². The predicted octanol–water partition coefficient (Wildman–Crippen LogP) is 1.27. The third-order valence-corrected chi connectivity index (χ3v) is 2.84. The quantitative estimate of drug-likeness (QED) is 0.572. The molecule has 17 heavy (non-hydrogen) atoms. The first-order valence-electron chi connectivity index (χ1n) is 6.65. The average molecular weight is 244 g/mol. The van der Waals surface area contributed by atoms with Crippen molar-refractivity contribution in [3.8, 4) is 0 Å². The van der Waals surface area contributed by atoms with Crippen LogP contribution in [0.5, 0.6) is 0 Å². The molecule has 1 amide bonds. The molecule has 4 nitrogen and oxygen atoms in total. The maximum absolute atomic E-state index is 11.6. The van der Waals surface area contributed by atoms with Crippen molar-refractivity contribution in [1.82, 2.24) is 5.32 Å². The van der Waals surface area contributed by atoms with E-state index in [-0.39, 0.29) is 12.5 Å². The fourth-order valence-electron chi connectivity index (χ4n) is 1.97. The lowest BCUT2D eigenvalue weighted by Crippen LogP contribution is -2.42. The maximum Gasteiger partial charge on any atom is 0.236 e. The van der Waals surface area contributed by atoms with Gasteiger partial charge in [-0.2, -0.15) is 0 Å². The van der Waals surface area contributed by atoms with E-state index in [4.69, 9.17) is 10.8 Å². The SMILES string of the molecule is CCCC(N)C(=O)NCC(CCO)CC(C)C. The molecule has 0 aromatic rings. The Morgan fingerprint density at radius 1 is 1.35 bits per heavy atom. The van der Waals surface area contributed by atoms with Gasteiger partial charge in [-0.15, -0.1) is 0 Å². The number of carbonyl (C=O) groups excluding carboxylic acids is 1. The Kier molecular flexibility index (Phi) is 9.09. The summed E-state index contributed by atoms with van der Waals surface area (Å²) in [7, 11) is 0. The summed E-state index contributed by atoms with van der Waals surface area (Å²) in [6.07, 6.45) is 3.40.